The number of aromatic nitrogens is 2. The second kappa shape index (κ2) is 5.77. The highest BCUT2D eigenvalue weighted by atomic mass is 16.5. The van der Waals surface area contributed by atoms with Crippen LogP contribution < -0.4 is 4.90 Å². The van der Waals surface area contributed by atoms with Gasteiger partial charge in [-0.05, 0) is 6.54 Å². The van der Waals surface area contributed by atoms with Crippen molar-refractivity contribution in [3.63, 3.8) is 0 Å². The third-order valence-corrected chi connectivity index (χ3v) is 3.19. The number of likely N-dealkylation sites (N-methyl/N-ethyl adjacent to an activating group) is 1. The smallest absolute Gasteiger partial charge is 0.356 e. The molecule has 0 unspecified atom stereocenters. The minimum absolute atomic E-state index is 0.306. The Morgan fingerprint density at radius 3 is 2.67 bits per heavy atom. The molecule has 18 heavy (non-hydrogen) atoms. The molecule has 0 aromatic carbocycles. The van der Waals surface area contributed by atoms with Gasteiger partial charge in [0, 0.05) is 32.2 Å². The Labute approximate surface area is 107 Å². The summed E-state index contributed by atoms with van der Waals surface area (Å²) in [5, 5.41) is 0. The van der Waals surface area contributed by atoms with Crippen LogP contribution in [0.2, 0.25) is 0 Å². The normalized spacial score (nSPS) is 16.7. The molecule has 2 heterocycles. The molecule has 0 N–H and O–H groups in total. The summed E-state index contributed by atoms with van der Waals surface area (Å²) in [6.45, 7) is 7.12. The minimum atomic E-state index is -0.425. The molecule has 0 bridgehead atoms. The summed E-state index contributed by atoms with van der Waals surface area (Å²) in [4.78, 5) is 24.1. The zero-order chi connectivity index (χ0) is 13.0. The molecule has 0 spiro atoms. The van der Waals surface area contributed by atoms with Gasteiger partial charge in [0.1, 0.15) is 12.1 Å². The van der Waals surface area contributed by atoms with Crippen LogP contribution in [0.3, 0.4) is 0 Å². The van der Waals surface area contributed by atoms with Crippen LogP contribution in [-0.2, 0) is 4.74 Å². The van der Waals surface area contributed by atoms with Crippen LogP contribution in [0.5, 0.6) is 0 Å². The lowest BCUT2D eigenvalue weighted by atomic mass is 10.3. The van der Waals surface area contributed by atoms with Crippen LogP contribution in [-0.4, -0.2) is 60.7 Å². The van der Waals surface area contributed by atoms with E-state index >= 15 is 0 Å². The topological polar surface area (TPSA) is 58.6 Å². The molecular formula is C12H18N4O2. The zero-order valence-corrected chi connectivity index (χ0v) is 10.8. The largest absolute Gasteiger partial charge is 0.464 e. The first kappa shape index (κ1) is 12.8. The highest BCUT2D eigenvalue weighted by Gasteiger charge is 2.18. The molecular weight excluding hydrogens is 232 g/mol. The molecule has 1 aliphatic rings. The maximum atomic E-state index is 11.4. The molecule has 2 rings (SSSR count). The summed E-state index contributed by atoms with van der Waals surface area (Å²) in [5.41, 5.74) is 0.306. The molecule has 0 amide bonds. The first-order chi connectivity index (χ1) is 8.74. The number of ether oxygens (including phenoxy) is 1. The van der Waals surface area contributed by atoms with Gasteiger partial charge in [-0.15, -0.1) is 0 Å². The predicted octanol–water partition coefficient (Wildman–Crippen LogP) is 0.405. The highest BCUT2D eigenvalue weighted by Crippen LogP contribution is 2.14. The summed E-state index contributed by atoms with van der Waals surface area (Å²) in [7, 11) is 1.35. The number of methoxy groups -OCH3 is 1. The van der Waals surface area contributed by atoms with Crippen molar-refractivity contribution in [1.29, 1.82) is 0 Å². The van der Waals surface area contributed by atoms with Crippen LogP contribution in [0.25, 0.3) is 0 Å². The monoisotopic (exact) mass is 250 g/mol. The van der Waals surface area contributed by atoms with Crippen LogP contribution in [0.4, 0.5) is 5.82 Å². The summed E-state index contributed by atoms with van der Waals surface area (Å²) >= 11 is 0. The minimum Gasteiger partial charge on any atom is -0.464 e. The van der Waals surface area contributed by atoms with Crippen molar-refractivity contribution >= 4 is 11.8 Å². The molecule has 0 saturated carbocycles. The van der Waals surface area contributed by atoms with Crippen LogP contribution in [0.15, 0.2) is 12.4 Å². The average Bonchev–Trinajstić information content (AvgIpc) is 2.46. The Morgan fingerprint density at radius 1 is 1.33 bits per heavy atom. The molecule has 1 saturated heterocycles. The van der Waals surface area contributed by atoms with Gasteiger partial charge in [-0.2, -0.15) is 0 Å². The molecule has 0 atom stereocenters. The van der Waals surface area contributed by atoms with Crippen molar-refractivity contribution in [2.24, 2.45) is 0 Å². The molecule has 1 aromatic rings. The van der Waals surface area contributed by atoms with Crippen molar-refractivity contribution < 1.29 is 9.53 Å². The number of nitrogens with zero attached hydrogens (tertiary/aromatic N) is 4. The summed E-state index contributed by atoms with van der Waals surface area (Å²) in [5.74, 6) is 0.368. The maximum Gasteiger partial charge on any atom is 0.356 e. The van der Waals surface area contributed by atoms with Gasteiger partial charge >= 0.3 is 5.97 Å². The van der Waals surface area contributed by atoms with Crippen LogP contribution in [0, 0.1) is 0 Å². The highest BCUT2D eigenvalue weighted by molar-refractivity contribution is 5.87. The van der Waals surface area contributed by atoms with E-state index in [1.165, 1.54) is 13.4 Å². The molecule has 1 fully saturated rings. The summed E-state index contributed by atoms with van der Waals surface area (Å²) in [6.07, 6.45) is 1.41. The van der Waals surface area contributed by atoms with E-state index in [0.29, 0.717) is 5.69 Å². The zero-order valence-electron chi connectivity index (χ0n) is 10.8. The van der Waals surface area contributed by atoms with Crippen LogP contribution >= 0.6 is 0 Å². The first-order valence-corrected chi connectivity index (χ1v) is 6.12. The van der Waals surface area contributed by atoms with E-state index in [2.05, 4.69) is 31.4 Å². The van der Waals surface area contributed by atoms with E-state index in [0.717, 1.165) is 38.5 Å². The van der Waals surface area contributed by atoms with E-state index in [4.69, 9.17) is 0 Å². The van der Waals surface area contributed by atoms with Gasteiger partial charge in [-0.25, -0.2) is 14.8 Å². The number of hydrogen-bond acceptors (Lipinski definition) is 6. The second-order valence-electron chi connectivity index (χ2n) is 4.17. The van der Waals surface area contributed by atoms with Gasteiger partial charge in [-0.1, -0.05) is 6.92 Å². The molecule has 6 heteroatoms. The Balaban J connectivity index is 2.07. The number of anilines is 1. The van der Waals surface area contributed by atoms with E-state index in [1.807, 2.05) is 0 Å². The standard InChI is InChI=1S/C12H18N4O2/c1-3-15-4-6-16(7-5-15)11-8-10(12(17)18-2)13-9-14-11/h8-9H,3-7H2,1-2H3. The fourth-order valence-electron chi connectivity index (χ4n) is 2.03. The van der Waals surface area contributed by atoms with Gasteiger partial charge in [0.25, 0.3) is 0 Å². The number of carbonyl (C=O) groups excluding carboxylic acids is 1. The molecule has 98 valence electrons. The molecule has 0 aliphatic carbocycles. The fourth-order valence-corrected chi connectivity index (χ4v) is 2.03. The van der Waals surface area contributed by atoms with E-state index in [-0.39, 0.29) is 0 Å². The lowest BCUT2D eigenvalue weighted by Crippen LogP contribution is -2.46. The lowest BCUT2D eigenvalue weighted by molar-refractivity contribution is 0.0594. The van der Waals surface area contributed by atoms with Crippen molar-refractivity contribution in [3.8, 4) is 0 Å². The third kappa shape index (κ3) is 2.76. The number of carbonyl (C=O) groups is 1. The number of hydrogen-bond donors (Lipinski definition) is 0. The number of piperazine rings is 1. The lowest BCUT2D eigenvalue weighted by Gasteiger charge is -2.34. The van der Waals surface area contributed by atoms with E-state index in [1.54, 1.807) is 6.07 Å². The van der Waals surface area contributed by atoms with E-state index in [9.17, 15) is 4.79 Å². The fraction of sp³-hybridized carbons (Fsp3) is 0.583. The van der Waals surface area contributed by atoms with Gasteiger partial charge in [-0.3, -0.25) is 0 Å². The molecule has 1 aliphatic heterocycles. The average molecular weight is 250 g/mol. The Morgan fingerprint density at radius 2 is 2.06 bits per heavy atom. The molecule has 0 radical (unpaired) electrons. The summed E-state index contributed by atoms with van der Waals surface area (Å²) < 4.78 is 4.66. The summed E-state index contributed by atoms with van der Waals surface area (Å²) in [6, 6.07) is 1.69. The SMILES string of the molecule is CCN1CCN(c2cc(C(=O)OC)ncn2)CC1. The van der Waals surface area contributed by atoms with Crippen molar-refractivity contribution in [2.75, 3.05) is 44.7 Å². The second-order valence-corrected chi connectivity index (χ2v) is 4.17. The molecule has 6 nitrogen and oxygen atoms in total. The number of esters is 1. The van der Waals surface area contributed by atoms with Crippen molar-refractivity contribution in [3.05, 3.63) is 18.1 Å². The van der Waals surface area contributed by atoms with Gasteiger partial charge in [0.2, 0.25) is 0 Å². The maximum absolute atomic E-state index is 11.4. The van der Waals surface area contributed by atoms with Gasteiger partial charge < -0.3 is 14.5 Å². The van der Waals surface area contributed by atoms with E-state index < -0.39 is 5.97 Å². The van der Waals surface area contributed by atoms with Crippen molar-refractivity contribution in [2.45, 2.75) is 6.92 Å². The Bertz CT molecular complexity index is 416. The number of rotatable bonds is 3. The quantitative estimate of drug-likeness (QED) is 0.724. The first-order valence-electron chi connectivity index (χ1n) is 6.12. The Hall–Kier alpha value is -1.69. The van der Waals surface area contributed by atoms with Gasteiger partial charge in [0.15, 0.2) is 5.69 Å². The van der Waals surface area contributed by atoms with Crippen molar-refractivity contribution in [1.82, 2.24) is 14.9 Å². The predicted molar refractivity (Wildman–Crippen MR) is 67.7 cm³/mol. The van der Waals surface area contributed by atoms with Gasteiger partial charge in [0.05, 0.1) is 7.11 Å². The Kier molecular flexibility index (Phi) is 4.09. The third-order valence-electron chi connectivity index (χ3n) is 3.19. The molecule has 1 aromatic heterocycles. The van der Waals surface area contributed by atoms with Crippen LogP contribution in [0.1, 0.15) is 17.4 Å².